The van der Waals surface area contributed by atoms with E-state index in [1.807, 2.05) is 13.2 Å². The third kappa shape index (κ3) is 2.56. The summed E-state index contributed by atoms with van der Waals surface area (Å²) in [6.07, 6.45) is 4.62. The molecule has 5 nitrogen and oxygen atoms in total. The van der Waals surface area contributed by atoms with Crippen LogP contribution >= 0.6 is 0 Å². The molecule has 0 aliphatic carbocycles. The van der Waals surface area contributed by atoms with Crippen LogP contribution in [0, 0.1) is 5.92 Å². The summed E-state index contributed by atoms with van der Waals surface area (Å²) in [5.41, 5.74) is 1.04. The number of nitrogens with one attached hydrogen (secondary N) is 2. The van der Waals surface area contributed by atoms with Crippen LogP contribution < -0.4 is 10.6 Å². The van der Waals surface area contributed by atoms with E-state index in [9.17, 15) is 4.79 Å². The van der Waals surface area contributed by atoms with Crippen molar-refractivity contribution in [2.45, 2.75) is 13.0 Å². The fourth-order valence-corrected chi connectivity index (χ4v) is 1.78. The van der Waals surface area contributed by atoms with E-state index in [4.69, 9.17) is 0 Å². The Kier molecular flexibility index (Phi) is 3.01. The van der Waals surface area contributed by atoms with E-state index >= 15 is 0 Å². The summed E-state index contributed by atoms with van der Waals surface area (Å²) in [5, 5.41) is 10.1. The van der Waals surface area contributed by atoms with Crippen molar-refractivity contribution in [1.82, 2.24) is 20.4 Å². The second kappa shape index (κ2) is 4.44. The first-order valence-corrected chi connectivity index (χ1v) is 5.21. The van der Waals surface area contributed by atoms with Gasteiger partial charge in [-0.25, -0.2) is 0 Å². The lowest BCUT2D eigenvalue weighted by atomic mass is 10.1. The van der Waals surface area contributed by atoms with Crippen LogP contribution in [-0.4, -0.2) is 28.8 Å². The highest BCUT2D eigenvalue weighted by molar-refractivity contribution is 5.79. The second-order valence-electron chi connectivity index (χ2n) is 3.93. The van der Waals surface area contributed by atoms with E-state index in [2.05, 4.69) is 15.7 Å². The normalized spacial score (nSPS) is 20.5. The highest BCUT2D eigenvalue weighted by atomic mass is 16.1. The molecule has 0 spiro atoms. The van der Waals surface area contributed by atoms with Crippen LogP contribution in [0.5, 0.6) is 0 Å². The topological polar surface area (TPSA) is 59.0 Å². The summed E-state index contributed by atoms with van der Waals surface area (Å²) in [6, 6.07) is 0. The van der Waals surface area contributed by atoms with Gasteiger partial charge in [0.1, 0.15) is 0 Å². The summed E-state index contributed by atoms with van der Waals surface area (Å²) in [5.74, 6) is 0.283. The van der Waals surface area contributed by atoms with Gasteiger partial charge >= 0.3 is 0 Å². The average Bonchev–Trinajstić information content (AvgIpc) is 2.84. The van der Waals surface area contributed by atoms with E-state index in [1.54, 1.807) is 10.9 Å². The van der Waals surface area contributed by atoms with Gasteiger partial charge in [-0.1, -0.05) is 0 Å². The molecular weight excluding hydrogens is 192 g/mol. The SMILES string of the molecule is Cn1cc(CNC(=O)[C@@H]2CCNC2)cn1. The maximum atomic E-state index is 11.6. The van der Waals surface area contributed by atoms with Gasteiger partial charge in [0, 0.05) is 31.9 Å². The van der Waals surface area contributed by atoms with Crippen molar-refractivity contribution >= 4 is 5.91 Å². The molecule has 1 aromatic heterocycles. The molecule has 2 rings (SSSR count). The highest BCUT2D eigenvalue weighted by Crippen LogP contribution is 2.07. The molecule has 1 saturated heterocycles. The molecule has 1 aliphatic rings. The number of amides is 1. The van der Waals surface area contributed by atoms with E-state index in [0.29, 0.717) is 6.54 Å². The lowest BCUT2D eigenvalue weighted by molar-refractivity contribution is -0.124. The number of rotatable bonds is 3. The molecule has 1 fully saturated rings. The lowest BCUT2D eigenvalue weighted by Crippen LogP contribution is -2.31. The van der Waals surface area contributed by atoms with Crippen LogP contribution in [0.4, 0.5) is 0 Å². The number of aromatic nitrogens is 2. The Morgan fingerprint density at radius 2 is 2.67 bits per heavy atom. The summed E-state index contributed by atoms with van der Waals surface area (Å²) in [7, 11) is 1.87. The van der Waals surface area contributed by atoms with Gasteiger partial charge in [0.2, 0.25) is 5.91 Å². The predicted octanol–water partition coefficient (Wildman–Crippen LogP) is -0.354. The molecule has 1 aliphatic heterocycles. The van der Waals surface area contributed by atoms with Gasteiger partial charge in [-0.3, -0.25) is 9.48 Å². The summed E-state index contributed by atoms with van der Waals surface area (Å²) in [6.45, 7) is 2.33. The molecule has 0 aromatic carbocycles. The van der Waals surface area contributed by atoms with E-state index in [0.717, 1.165) is 25.1 Å². The van der Waals surface area contributed by atoms with Crippen molar-refractivity contribution in [2.24, 2.45) is 13.0 Å². The largest absolute Gasteiger partial charge is 0.352 e. The molecule has 1 atom stereocenters. The zero-order chi connectivity index (χ0) is 10.7. The van der Waals surface area contributed by atoms with Gasteiger partial charge in [-0.05, 0) is 13.0 Å². The summed E-state index contributed by atoms with van der Waals surface area (Å²) in [4.78, 5) is 11.6. The molecule has 0 saturated carbocycles. The number of aryl methyl sites for hydroxylation is 1. The van der Waals surface area contributed by atoms with Gasteiger partial charge in [0.05, 0.1) is 12.1 Å². The fraction of sp³-hybridized carbons (Fsp3) is 0.600. The summed E-state index contributed by atoms with van der Waals surface area (Å²) < 4.78 is 1.73. The Balaban J connectivity index is 1.80. The Bertz CT molecular complexity index is 341. The minimum absolute atomic E-state index is 0.140. The van der Waals surface area contributed by atoms with Crippen molar-refractivity contribution in [3.8, 4) is 0 Å². The fourth-order valence-electron chi connectivity index (χ4n) is 1.78. The van der Waals surface area contributed by atoms with Crippen molar-refractivity contribution in [1.29, 1.82) is 0 Å². The molecule has 1 aromatic rings. The van der Waals surface area contributed by atoms with Crippen LogP contribution in [0.2, 0.25) is 0 Å². The number of nitrogens with zero attached hydrogens (tertiary/aromatic N) is 2. The van der Waals surface area contributed by atoms with Crippen LogP contribution in [-0.2, 0) is 18.4 Å². The highest BCUT2D eigenvalue weighted by Gasteiger charge is 2.21. The molecule has 82 valence electrons. The minimum atomic E-state index is 0.140. The van der Waals surface area contributed by atoms with Crippen molar-refractivity contribution < 1.29 is 4.79 Å². The van der Waals surface area contributed by atoms with Crippen LogP contribution in [0.3, 0.4) is 0 Å². The monoisotopic (exact) mass is 208 g/mol. The molecular formula is C10H16N4O. The number of carbonyl (C=O) groups is 1. The molecule has 2 heterocycles. The molecule has 1 amide bonds. The number of carbonyl (C=O) groups excluding carboxylic acids is 1. The molecule has 0 bridgehead atoms. The van der Waals surface area contributed by atoms with Gasteiger partial charge in [0.25, 0.3) is 0 Å². The third-order valence-electron chi connectivity index (χ3n) is 2.66. The standard InChI is InChI=1S/C10H16N4O/c1-14-7-8(5-13-14)4-12-10(15)9-2-3-11-6-9/h5,7,9,11H,2-4,6H2,1H3,(H,12,15)/t9-/m1/s1. The maximum Gasteiger partial charge on any atom is 0.224 e. The first kappa shape index (κ1) is 10.2. The minimum Gasteiger partial charge on any atom is -0.352 e. The zero-order valence-electron chi connectivity index (χ0n) is 8.86. The molecule has 5 heteroatoms. The molecule has 15 heavy (non-hydrogen) atoms. The Hall–Kier alpha value is -1.36. The third-order valence-corrected chi connectivity index (χ3v) is 2.66. The Morgan fingerprint density at radius 1 is 1.80 bits per heavy atom. The maximum absolute atomic E-state index is 11.6. The zero-order valence-corrected chi connectivity index (χ0v) is 8.86. The van der Waals surface area contributed by atoms with E-state index in [1.165, 1.54) is 0 Å². The average molecular weight is 208 g/mol. The smallest absolute Gasteiger partial charge is 0.224 e. The number of hydrogen-bond donors (Lipinski definition) is 2. The van der Waals surface area contributed by atoms with Gasteiger partial charge in [-0.15, -0.1) is 0 Å². The van der Waals surface area contributed by atoms with Crippen molar-refractivity contribution in [3.05, 3.63) is 18.0 Å². The Labute approximate surface area is 88.8 Å². The first-order chi connectivity index (χ1) is 7.25. The van der Waals surface area contributed by atoms with Crippen LogP contribution in [0.25, 0.3) is 0 Å². The molecule has 2 N–H and O–H groups in total. The van der Waals surface area contributed by atoms with Crippen molar-refractivity contribution in [2.75, 3.05) is 13.1 Å². The first-order valence-electron chi connectivity index (χ1n) is 5.21. The quantitative estimate of drug-likeness (QED) is 0.713. The molecule has 0 unspecified atom stereocenters. The second-order valence-corrected chi connectivity index (χ2v) is 3.93. The Morgan fingerprint density at radius 3 is 3.27 bits per heavy atom. The van der Waals surface area contributed by atoms with Gasteiger partial charge in [-0.2, -0.15) is 5.10 Å². The summed E-state index contributed by atoms with van der Waals surface area (Å²) >= 11 is 0. The van der Waals surface area contributed by atoms with Crippen LogP contribution in [0.1, 0.15) is 12.0 Å². The van der Waals surface area contributed by atoms with Gasteiger partial charge < -0.3 is 10.6 Å². The number of hydrogen-bond acceptors (Lipinski definition) is 3. The van der Waals surface area contributed by atoms with Crippen LogP contribution in [0.15, 0.2) is 12.4 Å². The van der Waals surface area contributed by atoms with Crippen molar-refractivity contribution in [3.63, 3.8) is 0 Å². The van der Waals surface area contributed by atoms with Gasteiger partial charge in [0.15, 0.2) is 0 Å². The lowest BCUT2D eigenvalue weighted by Gasteiger charge is -2.08. The predicted molar refractivity (Wildman–Crippen MR) is 56.0 cm³/mol. The van der Waals surface area contributed by atoms with E-state index < -0.39 is 0 Å². The molecule has 0 radical (unpaired) electrons. The van der Waals surface area contributed by atoms with E-state index in [-0.39, 0.29) is 11.8 Å².